The minimum Gasteiger partial charge on any atom is -0.0922 e. The first-order valence-corrected chi connectivity index (χ1v) is 7.57. The fourth-order valence-corrected chi connectivity index (χ4v) is 3.82. The van der Waals surface area contributed by atoms with Gasteiger partial charge in [0.25, 0.3) is 0 Å². The number of halogens is 2. The highest BCUT2D eigenvalue weighted by Crippen LogP contribution is 2.31. The molecule has 2 heteroatoms. The molecule has 0 heterocycles. The minimum atomic E-state index is 0.355. The molecule has 0 nitrogen and oxygen atoms in total. The molecular formula is C13H18Br2. The van der Waals surface area contributed by atoms with Gasteiger partial charge in [-0.3, -0.25) is 0 Å². The van der Waals surface area contributed by atoms with Crippen LogP contribution >= 0.6 is 31.9 Å². The molecule has 0 N–H and O–H groups in total. The highest BCUT2D eigenvalue weighted by Gasteiger charge is 2.25. The lowest BCUT2D eigenvalue weighted by atomic mass is 9.83. The molecule has 15 heavy (non-hydrogen) atoms. The van der Waals surface area contributed by atoms with Crippen molar-refractivity contribution in [1.29, 1.82) is 0 Å². The van der Waals surface area contributed by atoms with E-state index in [9.17, 15) is 0 Å². The summed E-state index contributed by atoms with van der Waals surface area (Å²) < 4.78 is 0. The molecule has 0 saturated heterocycles. The molecule has 0 aliphatic carbocycles. The van der Waals surface area contributed by atoms with Gasteiger partial charge < -0.3 is 0 Å². The summed E-state index contributed by atoms with van der Waals surface area (Å²) in [4.78, 5) is 0. The monoisotopic (exact) mass is 332 g/mol. The third-order valence-corrected chi connectivity index (χ3v) is 5.36. The van der Waals surface area contributed by atoms with Gasteiger partial charge >= 0.3 is 0 Å². The van der Waals surface area contributed by atoms with Crippen molar-refractivity contribution in [1.82, 2.24) is 0 Å². The van der Waals surface area contributed by atoms with Crippen LogP contribution in [0.3, 0.4) is 0 Å². The number of rotatable bonds is 5. The molecule has 1 aromatic rings. The minimum absolute atomic E-state index is 0.355. The Bertz CT molecular complexity index is 295. The summed E-state index contributed by atoms with van der Waals surface area (Å²) in [5, 5.41) is 2.10. The van der Waals surface area contributed by atoms with Gasteiger partial charge in [-0.05, 0) is 30.7 Å². The summed E-state index contributed by atoms with van der Waals surface area (Å²) in [5.41, 5.74) is 3.14. The second-order valence-corrected chi connectivity index (χ2v) is 5.41. The van der Waals surface area contributed by atoms with Gasteiger partial charge in [0.15, 0.2) is 0 Å². The zero-order chi connectivity index (χ0) is 11.3. The van der Waals surface area contributed by atoms with E-state index in [1.807, 2.05) is 0 Å². The molecule has 0 amide bonds. The Kier molecular flexibility index (Phi) is 5.34. The van der Waals surface area contributed by atoms with Crippen molar-refractivity contribution in [2.45, 2.75) is 26.7 Å². The molecule has 0 bridgehead atoms. The smallest absolute Gasteiger partial charge is 0.00990 e. The van der Waals surface area contributed by atoms with Crippen LogP contribution in [0.15, 0.2) is 24.3 Å². The van der Waals surface area contributed by atoms with Gasteiger partial charge in [0.05, 0.1) is 0 Å². The summed E-state index contributed by atoms with van der Waals surface area (Å²) in [5.74, 6) is 0. The third kappa shape index (κ3) is 3.60. The van der Waals surface area contributed by atoms with Crippen molar-refractivity contribution in [2.75, 3.05) is 10.7 Å². The maximum Gasteiger partial charge on any atom is 0.00990 e. The second-order valence-electron chi connectivity index (χ2n) is 4.29. The van der Waals surface area contributed by atoms with Gasteiger partial charge in [0.1, 0.15) is 0 Å². The van der Waals surface area contributed by atoms with Crippen molar-refractivity contribution in [3.8, 4) is 0 Å². The topological polar surface area (TPSA) is 0 Å². The van der Waals surface area contributed by atoms with Gasteiger partial charge in [-0.25, -0.2) is 0 Å². The third-order valence-electron chi connectivity index (χ3n) is 2.98. The van der Waals surface area contributed by atoms with Crippen LogP contribution in [-0.4, -0.2) is 10.7 Å². The van der Waals surface area contributed by atoms with Crippen LogP contribution in [0.4, 0.5) is 0 Å². The fraction of sp³-hybridized carbons (Fsp3) is 0.538. The van der Waals surface area contributed by atoms with Gasteiger partial charge in [0, 0.05) is 10.7 Å². The van der Waals surface area contributed by atoms with Gasteiger partial charge in [0.2, 0.25) is 0 Å². The summed E-state index contributed by atoms with van der Waals surface area (Å²) in [6, 6.07) is 8.81. The van der Waals surface area contributed by atoms with Crippen molar-refractivity contribution in [3.63, 3.8) is 0 Å². The van der Waals surface area contributed by atoms with E-state index in [4.69, 9.17) is 0 Å². The maximum atomic E-state index is 3.64. The molecule has 0 aliphatic heterocycles. The predicted octanol–water partition coefficient (Wildman–Crippen LogP) is 4.72. The summed E-state index contributed by atoms with van der Waals surface area (Å²) in [6.45, 7) is 4.41. The average Bonchev–Trinajstić information content (AvgIpc) is 2.26. The average molecular weight is 334 g/mol. The zero-order valence-corrected chi connectivity index (χ0v) is 12.6. The Hall–Kier alpha value is 0.180. The Morgan fingerprint density at radius 3 is 2.33 bits per heavy atom. The Morgan fingerprint density at radius 2 is 1.87 bits per heavy atom. The molecule has 0 radical (unpaired) electrons. The lowest BCUT2D eigenvalue weighted by molar-refractivity contribution is 0.373. The van der Waals surface area contributed by atoms with Crippen molar-refractivity contribution in [3.05, 3.63) is 35.4 Å². The molecule has 1 rings (SSSR count). The largest absolute Gasteiger partial charge is 0.0922 e. The van der Waals surface area contributed by atoms with Crippen molar-refractivity contribution < 1.29 is 0 Å². The van der Waals surface area contributed by atoms with E-state index in [0.717, 1.165) is 17.1 Å². The van der Waals surface area contributed by atoms with E-state index in [1.54, 1.807) is 0 Å². The molecule has 0 spiro atoms. The van der Waals surface area contributed by atoms with Crippen LogP contribution in [-0.2, 0) is 6.42 Å². The zero-order valence-electron chi connectivity index (χ0n) is 9.39. The standard InChI is InChI=1S/C13H18Br2/c1-3-13(9-14,10-15)8-12-6-4-5-11(2)7-12/h4-7H,3,8-10H2,1-2H3. The number of hydrogen-bond acceptors (Lipinski definition) is 0. The first kappa shape index (κ1) is 13.2. The van der Waals surface area contributed by atoms with Crippen LogP contribution in [0.2, 0.25) is 0 Å². The molecule has 0 aliphatic rings. The SMILES string of the molecule is CCC(CBr)(CBr)Cc1cccc(C)c1. The van der Waals surface area contributed by atoms with E-state index >= 15 is 0 Å². The Morgan fingerprint density at radius 1 is 1.20 bits per heavy atom. The lowest BCUT2D eigenvalue weighted by Gasteiger charge is -2.28. The van der Waals surface area contributed by atoms with Crippen LogP contribution in [0, 0.1) is 12.3 Å². The highest BCUT2D eigenvalue weighted by molar-refractivity contribution is 9.09. The molecule has 84 valence electrons. The molecule has 1 aromatic carbocycles. The van der Waals surface area contributed by atoms with Gasteiger partial charge in [-0.1, -0.05) is 68.6 Å². The Labute approximate surface area is 110 Å². The molecule has 0 aromatic heterocycles. The lowest BCUT2D eigenvalue weighted by Crippen LogP contribution is -2.26. The molecular weight excluding hydrogens is 316 g/mol. The quantitative estimate of drug-likeness (QED) is 0.684. The summed E-state index contributed by atoms with van der Waals surface area (Å²) >= 11 is 7.28. The van der Waals surface area contributed by atoms with E-state index in [-0.39, 0.29) is 0 Å². The first-order valence-electron chi connectivity index (χ1n) is 5.33. The number of aryl methyl sites for hydroxylation is 1. The van der Waals surface area contributed by atoms with E-state index < -0.39 is 0 Å². The van der Waals surface area contributed by atoms with Gasteiger partial charge in [-0.15, -0.1) is 0 Å². The van der Waals surface area contributed by atoms with Crippen LogP contribution < -0.4 is 0 Å². The molecule has 0 saturated carbocycles. The van der Waals surface area contributed by atoms with Crippen LogP contribution in [0.1, 0.15) is 24.5 Å². The number of benzene rings is 1. The normalized spacial score (nSPS) is 11.7. The summed E-state index contributed by atoms with van der Waals surface area (Å²) in [6.07, 6.45) is 2.33. The number of hydrogen-bond donors (Lipinski definition) is 0. The Balaban J connectivity index is 2.82. The second kappa shape index (κ2) is 6.05. The van der Waals surface area contributed by atoms with Crippen LogP contribution in [0.5, 0.6) is 0 Å². The number of alkyl halides is 2. The maximum absolute atomic E-state index is 3.64. The summed E-state index contributed by atoms with van der Waals surface area (Å²) in [7, 11) is 0. The first-order chi connectivity index (χ1) is 7.15. The predicted molar refractivity (Wildman–Crippen MR) is 75.2 cm³/mol. The van der Waals surface area contributed by atoms with Crippen molar-refractivity contribution >= 4 is 31.9 Å². The molecule has 0 unspecified atom stereocenters. The van der Waals surface area contributed by atoms with Gasteiger partial charge in [-0.2, -0.15) is 0 Å². The molecule has 0 atom stereocenters. The van der Waals surface area contributed by atoms with E-state index in [0.29, 0.717) is 5.41 Å². The molecule has 0 fully saturated rings. The van der Waals surface area contributed by atoms with E-state index in [1.165, 1.54) is 17.5 Å². The fourth-order valence-electron chi connectivity index (χ4n) is 1.70. The van der Waals surface area contributed by atoms with Crippen LogP contribution in [0.25, 0.3) is 0 Å². The van der Waals surface area contributed by atoms with E-state index in [2.05, 4.69) is 70.0 Å². The highest BCUT2D eigenvalue weighted by atomic mass is 79.9. The van der Waals surface area contributed by atoms with Crippen molar-refractivity contribution in [2.24, 2.45) is 5.41 Å².